The molecule has 0 saturated heterocycles. The van der Waals surface area contributed by atoms with E-state index in [1.807, 2.05) is 0 Å². The predicted octanol–water partition coefficient (Wildman–Crippen LogP) is 0.958. The Morgan fingerprint density at radius 2 is 2.21 bits per heavy atom. The molecule has 0 atom stereocenters. The lowest BCUT2D eigenvalue weighted by molar-refractivity contribution is 0.0692. The van der Waals surface area contributed by atoms with E-state index in [-0.39, 0.29) is 11.1 Å². The number of H-pyrrole nitrogens is 1. The number of halogens is 1. The van der Waals surface area contributed by atoms with E-state index in [9.17, 15) is 14.0 Å². The fraction of sp³-hybridized carbons (Fsp3) is 0. The standard InChI is InChI=1S/C8H4FNO4/c9-5-3(7(11)12)1-2-4-6(5)14-8(13)10-4/h1-2H,(H,10,13)(H,11,12). The van der Waals surface area contributed by atoms with Crippen LogP contribution in [0.5, 0.6) is 0 Å². The minimum atomic E-state index is -1.41. The Balaban J connectivity index is 2.87. The van der Waals surface area contributed by atoms with Crippen LogP contribution in [0.4, 0.5) is 4.39 Å². The molecule has 72 valence electrons. The molecule has 0 unspecified atom stereocenters. The molecule has 0 aliphatic heterocycles. The van der Waals surface area contributed by atoms with Gasteiger partial charge >= 0.3 is 11.7 Å². The van der Waals surface area contributed by atoms with Gasteiger partial charge in [0.15, 0.2) is 11.4 Å². The number of nitrogens with one attached hydrogen (secondary N) is 1. The molecule has 0 radical (unpaired) electrons. The van der Waals surface area contributed by atoms with Gasteiger partial charge in [-0.25, -0.2) is 14.0 Å². The molecule has 1 heterocycles. The van der Waals surface area contributed by atoms with Gasteiger partial charge in [-0.3, -0.25) is 4.98 Å². The number of hydrogen-bond acceptors (Lipinski definition) is 3. The molecule has 5 nitrogen and oxygen atoms in total. The molecule has 1 aromatic carbocycles. The van der Waals surface area contributed by atoms with Crippen LogP contribution in [0.3, 0.4) is 0 Å². The Morgan fingerprint density at radius 1 is 1.50 bits per heavy atom. The number of carboxylic acids is 1. The Bertz CT molecular complexity index is 568. The Kier molecular flexibility index (Phi) is 1.63. The zero-order valence-electron chi connectivity index (χ0n) is 6.70. The van der Waals surface area contributed by atoms with Gasteiger partial charge in [-0.05, 0) is 12.1 Å². The molecule has 0 spiro atoms. The fourth-order valence-electron chi connectivity index (χ4n) is 1.15. The molecule has 0 fully saturated rings. The van der Waals surface area contributed by atoms with Gasteiger partial charge in [0.05, 0.1) is 11.1 Å². The van der Waals surface area contributed by atoms with E-state index >= 15 is 0 Å². The average molecular weight is 197 g/mol. The van der Waals surface area contributed by atoms with E-state index in [0.717, 1.165) is 6.07 Å². The molecule has 6 heteroatoms. The van der Waals surface area contributed by atoms with Crippen molar-refractivity contribution in [3.05, 3.63) is 34.1 Å². The zero-order chi connectivity index (χ0) is 10.3. The number of oxazole rings is 1. The minimum absolute atomic E-state index is 0.137. The maximum absolute atomic E-state index is 13.3. The monoisotopic (exact) mass is 197 g/mol. The van der Waals surface area contributed by atoms with Crippen LogP contribution in [0.2, 0.25) is 0 Å². The molecule has 0 aliphatic carbocycles. The second kappa shape index (κ2) is 2.69. The number of carbonyl (C=O) groups is 1. The third-order valence-electron chi connectivity index (χ3n) is 1.76. The van der Waals surface area contributed by atoms with Crippen LogP contribution in [0, 0.1) is 5.82 Å². The molecular weight excluding hydrogens is 193 g/mol. The van der Waals surface area contributed by atoms with Crippen LogP contribution in [0.1, 0.15) is 10.4 Å². The van der Waals surface area contributed by atoms with Crippen LogP contribution in [0.15, 0.2) is 21.3 Å². The normalized spacial score (nSPS) is 10.6. The number of aromatic amines is 1. The van der Waals surface area contributed by atoms with Crippen LogP contribution in [0.25, 0.3) is 11.1 Å². The van der Waals surface area contributed by atoms with Crippen molar-refractivity contribution in [1.29, 1.82) is 0 Å². The Labute approximate surface area is 75.8 Å². The first-order chi connectivity index (χ1) is 6.59. The summed E-state index contributed by atoms with van der Waals surface area (Å²) in [5.74, 6) is -3.27. The van der Waals surface area contributed by atoms with E-state index in [0.29, 0.717) is 0 Å². The van der Waals surface area contributed by atoms with Gasteiger partial charge < -0.3 is 9.52 Å². The maximum Gasteiger partial charge on any atom is 0.417 e. The van der Waals surface area contributed by atoms with Gasteiger partial charge in [0.2, 0.25) is 0 Å². The van der Waals surface area contributed by atoms with Crippen molar-refractivity contribution in [3.63, 3.8) is 0 Å². The van der Waals surface area contributed by atoms with Crippen LogP contribution < -0.4 is 5.76 Å². The molecule has 2 aromatic rings. The first-order valence-corrected chi connectivity index (χ1v) is 3.64. The summed E-state index contributed by atoms with van der Waals surface area (Å²) in [6, 6.07) is 2.33. The molecule has 0 saturated carbocycles. The van der Waals surface area contributed by atoms with E-state index in [2.05, 4.69) is 9.40 Å². The lowest BCUT2D eigenvalue weighted by atomic mass is 10.2. The molecule has 0 bridgehead atoms. The number of aromatic carboxylic acids is 1. The molecular formula is C8H4FNO4. The second-order valence-electron chi connectivity index (χ2n) is 2.62. The average Bonchev–Trinajstić information content (AvgIpc) is 2.46. The summed E-state index contributed by atoms with van der Waals surface area (Å²) in [4.78, 5) is 23.4. The number of aromatic nitrogens is 1. The van der Waals surface area contributed by atoms with Crippen molar-refractivity contribution in [2.24, 2.45) is 0 Å². The first kappa shape index (κ1) is 8.49. The summed E-state index contributed by atoms with van der Waals surface area (Å²) < 4.78 is 17.7. The van der Waals surface area contributed by atoms with Crippen molar-refractivity contribution in [2.45, 2.75) is 0 Å². The number of carboxylic acid groups (broad SMARTS) is 1. The smallest absolute Gasteiger partial charge is 0.417 e. The highest BCUT2D eigenvalue weighted by Gasteiger charge is 2.16. The van der Waals surface area contributed by atoms with Crippen molar-refractivity contribution < 1.29 is 18.7 Å². The van der Waals surface area contributed by atoms with Gasteiger partial charge in [0, 0.05) is 0 Å². The topological polar surface area (TPSA) is 83.3 Å². The van der Waals surface area contributed by atoms with E-state index in [4.69, 9.17) is 5.11 Å². The first-order valence-electron chi connectivity index (χ1n) is 3.64. The summed E-state index contributed by atoms with van der Waals surface area (Å²) in [7, 11) is 0. The van der Waals surface area contributed by atoms with E-state index in [1.54, 1.807) is 0 Å². The molecule has 14 heavy (non-hydrogen) atoms. The van der Waals surface area contributed by atoms with Gasteiger partial charge in [0.1, 0.15) is 0 Å². The SMILES string of the molecule is O=C(O)c1ccc2[nH]c(=O)oc2c1F. The van der Waals surface area contributed by atoms with Crippen LogP contribution in [-0.2, 0) is 0 Å². The number of hydrogen-bond donors (Lipinski definition) is 2. The number of fused-ring (bicyclic) bond motifs is 1. The lowest BCUT2D eigenvalue weighted by Gasteiger charge is -1.95. The highest BCUT2D eigenvalue weighted by molar-refractivity contribution is 5.92. The predicted molar refractivity (Wildman–Crippen MR) is 43.8 cm³/mol. The molecule has 0 aliphatic rings. The van der Waals surface area contributed by atoms with Crippen molar-refractivity contribution >= 4 is 17.1 Å². The van der Waals surface area contributed by atoms with Crippen LogP contribution in [-0.4, -0.2) is 16.1 Å². The van der Waals surface area contributed by atoms with Crippen molar-refractivity contribution in [3.8, 4) is 0 Å². The summed E-state index contributed by atoms with van der Waals surface area (Å²) >= 11 is 0. The lowest BCUT2D eigenvalue weighted by Crippen LogP contribution is -1.99. The zero-order valence-corrected chi connectivity index (χ0v) is 6.70. The quantitative estimate of drug-likeness (QED) is 0.713. The third kappa shape index (κ3) is 1.08. The molecule has 0 amide bonds. The van der Waals surface area contributed by atoms with Gasteiger partial charge in [0.25, 0.3) is 0 Å². The van der Waals surface area contributed by atoms with Crippen molar-refractivity contribution in [2.75, 3.05) is 0 Å². The summed E-state index contributed by atoms with van der Waals surface area (Å²) in [6.07, 6.45) is 0. The van der Waals surface area contributed by atoms with Gasteiger partial charge in [-0.1, -0.05) is 0 Å². The summed E-state index contributed by atoms with van der Waals surface area (Å²) in [5, 5.41) is 8.56. The Hall–Kier alpha value is -2.11. The minimum Gasteiger partial charge on any atom is -0.478 e. The second-order valence-corrected chi connectivity index (χ2v) is 2.62. The van der Waals surface area contributed by atoms with Gasteiger partial charge in [-0.15, -0.1) is 0 Å². The number of benzene rings is 1. The van der Waals surface area contributed by atoms with Crippen LogP contribution >= 0.6 is 0 Å². The van der Waals surface area contributed by atoms with Gasteiger partial charge in [-0.2, -0.15) is 0 Å². The fourth-order valence-corrected chi connectivity index (χ4v) is 1.15. The molecule has 2 rings (SSSR count). The highest BCUT2D eigenvalue weighted by Crippen LogP contribution is 2.18. The summed E-state index contributed by atoms with van der Waals surface area (Å²) in [5.41, 5.74) is -0.757. The Morgan fingerprint density at radius 3 is 2.86 bits per heavy atom. The van der Waals surface area contributed by atoms with E-state index < -0.39 is 23.1 Å². The molecule has 2 N–H and O–H groups in total. The van der Waals surface area contributed by atoms with E-state index in [1.165, 1.54) is 6.07 Å². The highest BCUT2D eigenvalue weighted by atomic mass is 19.1. The number of rotatable bonds is 1. The maximum atomic E-state index is 13.3. The largest absolute Gasteiger partial charge is 0.478 e. The summed E-state index contributed by atoms with van der Waals surface area (Å²) in [6.45, 7) is 0. The third-order valence-corrected chi connectivity index (χ3v) is 1.76. The van der Waals surface area contributed by atoms with Crippen molar-refractivity contribution in [1.82, 2.24) is 4.98 Å². The molecule has 1 aromatic heterocycles.